The molecule has 1 amide bonds. The van der Waals surface area contributed by atoms with Crippen LogP contribution in [0.3, 0.4) is 0 Å². The molecule has 3 heterocycles. The first-order valence-corrected chi connectivity index (χ1v) is 6.45. The average Bonchev–Trinajstić information content (AvgIpc) is 3.02. The number of aromatic nitrogens is 5. The third-order valence-corrected chi connectivity index (χ3v) is 3.06. The van der Waals surface area contributed by atoms with Gasteiger partial charge in [0.2, 0.25) is 0 Å². The van der Waals surface area contributed by atoms with Crippen molar-refractivity contribution >= 4 is 23.8 Å². The molecule has 0 bridgehead atoms. The lowest BCUT2D eigenvalue weighted by Crippen LogP contribution is -2.13. The Hall–Kier alpha value is -2.87. The van der Waals surface area contributed by atoms with Crippen LogP contribution >= 0.6 is 12.2 Å². The van der Waals surface area contributed by atoms with Crippen molar-refractivity contribution in [3.8, 4) is 5.82 Å². The van der Waals surface area contributed by atoms with E-state index in [4.69, 9.17) is 12.2 Å². The maximum atomic E-state index is 12.1. The summed E-state index contributed by atoms with van der Waals surface area (Å²) < 4.78 is 1.92. The van der Waals surface area contributed by atoms with Crippen LogP contribution < -0.4 is 5.32 Å². The number of hydrogen-bond acceptors (Lipinski definition) is 5. The van der Waals surface area contributed by atoms with Gasteiger partial charge in [-0.1, -0.05) is 12.2 Å². The number of anilines is 1. The van der Waals surface area contributed by atoms with E-state index in [-0.39, 0.29) is 5.91 Å². The Kier molecular flexibility index (Phi) is 3.52. The van der Waals surface area contributed by atoms with E-state index in [0.29, 0.717) is 21.7 Å². The Morgan fingerprint density at radius 3 is 2.90 bits per heavy atom. The molecule has 0 unspecified atom stereocenters. The monoisotopic (exact) mass is 298 g/mol. The summed E-state index contributed by atoms with van der Waals surface area (Å²) in [6.45, 7) is 0. The Balaban J connectivity index is 1.78. The minimum absolute atomic E-state index is 0.285. The van der Waals surface area contributed by atoms with Crippen LogP contribution in [0.1, 0.15) is 10.4 Å². The molecule has 7 nitrogen and oxygen atoms in total. The first kappa shape index (κ1) is 13.1. The van der Waals surface area contributed by atoms with Crippen LogP contribution in [0.15, 0.2) is 49.3 Å². The average molecular weight is 298 g/mol. The van der Waals surface area contributed by atoms with Gasteiger partial charge in [0.1, 0.15) is 17.3 Å². The maximum Gasteiger partial charge on any atom is 0.258 e. The SMILES string of the molecule is O=C(Nc1ccc(-n2cncn2)nc1)c1ccc[nH]c1=S. The zero-order chi connectivity index (χ0) is 14.7. The Labute approximate surface area is 124 Å². The van der Waals surface area contributed by atoms with Crippen LogP contribution in [-0.2, 0) is 0 Å². The van der Waals surface area contributed by atoms with Crippen LogP contribution in [-0.4, -0.2) is 30.6 Å². The molecule has 2 N–H and O–H groups in total. The fourth-order valence-corrected chi connectivity index (χ4v) is 1.95. The van der Waals surface area contributed by atoms with E-state index < -0.39 is 0 Å². The minimum atomic E-state index is -0.285. The number of H-pyrrole nitrogens is 1. The Morgan fingerprint density at radius 2 is 2.24 bits per heavy atom. The van der Waals surface area contributed by atoms with Gasteiger partial charge >= 0.3 is 0 Å². The summed E-state index contributed by atoms with van der Waals surface area (Å²) in [6, 6.07) is 6.84. The number of carbonyl (C=O) groups excluding carboxylic acids is 1. The molecule has 0 saturated heterocycles. The standard InChI is InChI=1S/C13H10N6OS/c20-12(10-2-1-5-15-13(10)21)18-9-3-4-11(16-6-9)19-8-14-7-17-19/h1-8H,(H,15,21)(H,18,20). The maximum absolute atomic E-state index is 12.1. The summed E-state index contributed by atoms with van der Waals surface area (Å²) in [4.78, 5) is 23.0. The van der Waals surface area contributed by atoms with Crippen molar-refractivity contribution < 1.29 is 4.79 Å². The highest BCUT2D eigenvalue weighted by Gasteiger charge is 2.08. The van der Waals surface area contributed by atoms with Crippen LogP contribution in [0, 0.1) is 4.64 Å². The summed E-state index contributed by atoms with van der Waals surface area (Å²) in [5.41, 5.74) is 0.981. The number of nitrogens with one attached hydrogen (secondary N) is 2. The third kappa shape index (κ3) is 2.84. The lowest BCUT2D eigenvalue weighted by Gasteiger charge is -2.06. The lowest BCUT2D eigenvalue weighted by atomic mass is 10.2. The second-order valence-electron chi connectivity index (χ2n) is 4.11. The molecule has 8 heteroatoms. The van der Waals surface area contributed by atoms with E-state index in [1.807, 2.05) is 0 Å². The summed E-state index contributed by atoms with van der Waals surface area (Å²) in [6.07, 6.45) is 6.19. The summed E-state index contributed by atoms with van der Waals surface area (Å²) in [5.74, 6) is 0.328. The number of nitrogens with zero attached hydrogens (tertiary/aromatic N) is 4. The molecule has 0 radical (unpaired) electrons. The van der Waals surface area contributed by atoms with E-state index in [0.717, 1.165) is 0 Å². The highest BCUT2D eigenvalue weighted by atomic mass is 32.1. The van der Waals surface area contributed by atoms with Crippen molar-refractivity contribution in [2.75, 3.05) is 5.32 Å². The van der Waals surface area contributed by atoms with E-state index in [1.54, 1.807) is 43.0 Å². The van der Waals surface area contributed by atoms with Gasteiger partial charge in [-0.25, -0.2) is 14.6 Å². The normalized spacial score (nSPS) is 10.3. The van der Waals surface area contributed by atoms with Crippen molar-refractivity contribution in [3.63, 3.8) is 0 Å². The van der Waals surface area contributed by atoms with Crippen molar-refractivity contribution in [1.82, 2.24) is 24.7 Å². The predicted molar refractivity (Wildman–Crippen MR) is 78.7 cm³/mol. The van der Waals surface area contributed by atoms with Gasteiger partial charge in [-0.2, -0.15) is 5.10 Å². The van der Waals surface area contributed by atoms with Crippen LogP contribution in [0.2, 0.25) is 0 Å². The third-order valence-electron chi connectivity index (χ3n) is 2.72. The van der Waals surface area contributed by atoms with Gasteiger partial charge in [-0.05, 0) is 24.3 Å². The highest BCUT2D eigenvalue weighted by molar-refractivity contribution is 7.71. The molecule has 0 aliphatic rings. The number of pyridine rings is 2. The zero-order valence-electron chi connectivity index (χ0n) is 10.7. The molecule has 3 aromatic rings. The van der Waals surface area contributed by atoms with E-state index in [9.17, 15) is 4.79 Å². The van der Waals surface area contributed by atoms with Gasteiger partial charge in [-0.3, -0.25) is 4.79 Å². The van der Waals surface area contributed by atoms with E-state index >= 15 is 0 Å². The van der Waals surface area contributed by atoms with Crippen molar-refractivity contribution in [2.24, 2.45) is 0 Å². The summed E-state index contributed by atoms with van der Waals surface area (Å²) in [5, 5.41) is 6.71. The van der Waals surface area contributed by atoms with Crippen LogP contribution in [0.4, 0.5) is 5.69 Å². The Bertz CT molecular complexity index is 809. The molecule has 0 saturated carbocycles. The zero-order valence-corrected chi connectivity index (χ0v) is 11.5. The lowest BCUT2D eigenvalue weighted by molar-refractivity contribution is 0.102. The second-order valence-corrected chi connectivity index (χ2v) is 4.52. The van der Waals surface area contributed by atoms with E-state index in [2.05, 4.69) is 25.4 Å². The van der Waals surface area contributed by atoms with Gasteiger partial charge in [0, 0.05) is 6.20 Å². The van der Waals surface area contributed by atoms with Crippen molar-refractivity contribution in [2.45, 2.75) is 0 Å². The fourth-order valence-electron chi connectivity index (χ4n) is 1.72. The molecule has 0 aliphatic heterocycles. The smallest absolute Gasteiger partial charge is 0.258 e. The first-order valence-electron chi connectivity index (χ1n) is 6.04. The van der Waals surface area contributed by atoms with Crippen LogP contribution in [0.5, 0.6) is 0 Å². The van der Waals surface area contributed by atoms with Gasteiger partial charge < -0.3 is 10.3 Å². The molecule has 21 heavy (non-hydrogen) atoms. The van der Waals surface area contributed by atoms with Gasteiger partial charge in [-0.15, -0.1) is 0 Å². The van der Waals surface area contributed by atoms with Crippen molar-refractivity contribution in [1.29, 1.82) is 0 Å². The number of hydrogen-bond donors (Lipinski definition) is 2. The topological polar surface area (TPSA) is 88.5 Å². The number of aromatic amines is 1. The molecule has 0 fully saturated rings. The summed E-state index contributed by atoms with van der Waals surface area (Å²) >= 11 is 5.07. The molecule has 0 atom stereocenters. The minimum Gasteiger partial charge on any atom is -0.352 e. The highest BCUT2D eigenvalue weighted by Crippen LogP contribution is 2.10. The summed E-state index contributed by atoms with van der Waals surface area (Å²) in [7, 11) is 0. The first-order chi connectivity index (χ1) is 10.2. The van der Waals surface area contributed by atoms with Crippen LogP contribution in [0.25, 0.3) is 5.82 Å². The number of rotatable bonds is 3. The van der Waals surface area contributed by atoms with Gasteiger partial charge in [0.05, 0.1) is 17.4 Å². The fraction of sp³-hybridized carbons (Fsp3) is 0. The molecule has 3 aromatic heterocycles. The van der Waals surface area contributed by atoms with E-state index in [1.165, 1.54) is 11.0 Å². The number of carbonyl (C=O) groups is 1. The largest absolute Gasteiger partial charge is 0.352 e. The molecule has 3 rings (SSSR count). The predicted octanol–water partition coefficient (Wildman–Crippen LogP) is 1.97. The molecule has 0 spiro atoms. The van der Waals surface area contributed by atoms with Gasteiger partial charge in [0.15, 0.2) is 5.82 Å². The van der Waals surface area contributed by atoms with Crippen molar-refractivity contribution in [3.05, 3.63) is 59.5 Å². The van der Waals surface area contributed by atoms with Gasteiger partial charge in [0.25, 0.3) is 5.91 Å². The molecular formula is C13H10N6OS. The molecule has 104 valence electrons. The quantitative estimate of drug-likeness (QED) is 0.722. The Morgan fingerprint density at radius 1 is 1.33 bits per heavy atom. The molecular weight excluding hydrogens is 288 g/mol. The second kappa shape index (κ2) is 5.63. The molecule has 0 aromatic carbocycles. The number of amides is 1. The molecule has 0 aliphatic carbocycles.